The second-order valence-corrected chi connectivity index (χ2v) is 5.75. The Hall–Kier alpha value is -3.08. The molecule has 0 saturated heterocycles. The molecule has 3 rings (SSSR count). The van der Waals surface area contributed by atoms with Crippen molar-refractivity contribution in [2.75, 3.05) is 7.05 Å². The van der Waals surface area contributed by atoms with Crippen LogP contribution in [0.15, 0.2) is 70.2 Å². The van der Waals surface area contributed by atoms with E-state index in [2.05, 4.69) is 39.8 Å². The second kappa shape index (κ2) is 8.15. The third kappa shape index (κ3) is 4.47. The molecule has 0 bridgehead atoms. The third-order valence-corrected chi connectivity index (χ3v) is 3.99. The Morgan fingerprint density at radius 2 is 1.72 bits per heavy atom. The first-order valence-corrected chi connectivity index (χ1v) is 8.26. The topological polar surface area (TPSA) is 62.5 Å². The SMILES string of the molecule is CN=C(NCc1cc(-c2ccccc2)on1)NCc1ccccc1C. The van der Waals surface area contributed by atoms with E-state index in [1.807, 2.05) is 48.5 Å². The normalized spacial score (nSPS) is 11.4. The van der Waals surface area contributed by atoms with Crippen LogP contribution < -0.4 is 10.6 Å². The lowest BCUT2D eigenvalue weighted by Crippen LogP contribution is -2.36. The van der Waals surface area contributed by atoms with Gasteiger partial charge in [-0.15, -0.1) is 0 Å². The summed E-state index contributed by atoms with van der Waals surface area (Å²) in [6, 6.07) is 20.2. The molecule has 0 saturated carbocycles. The van der Waals surface area contributed by atoms with Crippen LogP contribution in [0.4, 0.5) is 0 Å². The number of benzene rings is 2. The average Bonchev–Trinajstić information content (AvgIpc) is 3.13. The van der Waals surface area contributed by atoms with Crippen LogP contribution in [-0.4, -0.2) is 18.2 Å². The highest BCUT2D eigenvalue weighted by molar-refractivity contribution is 5.79. The number of hydrogen-bond donors (Lipinski definition) is 2. The molecule has 3 aromatic rings. The van der Waals surface area contributed by atoms with Crippen LogP contribution in [-0.2, 0) is 13.1 Å². The van der Waals surface area contributed by atoms with Crippen molar-refractivity contribution in [3.8, 4) is 11.3 Å². The highest BCUT2D eigenvalue weighted by atomic mass is 16.5. The quantitative estimate of drug-likeness (QED) is 0.554. The van der Waals surface area contributed by atoms with Gasteiger partial charge in [-0.05, 0) is 18.1 Å². The predicted molar refractivity (Wildman–Crippen MR) is 100 cm³/mol. The van der Waals surface area contributed by atoms with Crippen molar-refractivity contribution < 1.29 is 4.52 Å². The summed E-state index contributed by atoms with van der Waals surface area (Å²) in [5, 5.41) is 10.7. The minimum atomic E-state index is 0.545. The lowest BCUT2D eigenvalue weighted by molar-refractivity contribution is 0.422. The number of rotatable bonds is 5. The molecule has 5 nitrogen and oxygen atoms in total. The predicted octanol–water partition coefficient (Wildman–Crippen LogP) is 3.52. The number of aliphatic imine (C=N–C) groups is 1. The molecule has 0 unspecified atom stereocenters. The van der Waals surface area contributed by atoms with Crippen LogP contribution in [0.25, 0.3) is 11.3 Å². The molecule has 0 spiro atoms. The number of guanidine groups is 1. The largest absolute Gasteiger partial charge is 0.356 e. The van der Waals surface area contributed by atoms with Crippen LogP contribution in [0.5, 0.6) is 0 Å². The molecule has 0 amide bonds. The summed E-state index contributed by atoms with van der Waals surface area (Å²) in [4.78, 5) is 4.25. The van der Waals surface area contributed by atoms with Crippen LogP contribution in [0.2, 0.25) is 0 Å². The molecule has 1 heterocycles. The fourth-order valence-corrected chi connectivity index (χ4v) is 2.52. The zero-order valence-corrected chi connectivity index (χ0v) is 14.5. The number of aryl methyl sites for hydroxylation is 1. The fourth-order valence-electron chi connectivity index (χ4n) is 2.52. The van der Waals surface area contributed by atoms with Gasteiger partial charge in [-0.25, -0.2) is 0 Å². The summed E-state index contributed by atoms with van der Waals surface area (Å²) in [7, 11) is 1.76. The molecule has 0 radical (unpaired) electrons. The van der Waals surface area contributed by atoms with Gasteiger partial charge in [0.15, 0.2) is 11.7 Å². The Bertz CT molecular complexity index is 840. The van der Waals surface area contributed by atoms with Crippen LogP contribution in [0.1, 0.15) is 16.8 Å². The van der Waals surface area contributed by atoms with Gasteiger partial charge in [0, 0.05) is 25.2 Å². The lowest BCUT2D eigenvalue weighted by Gasteiger charge is -2.12. The molecule has 2 aromatic carbocycles. The van der Waals surface area contributed by atoms with E-state index in [0.29, 0.717) is 6.54 Å². The first-order chi connectivity index (χ1) is 12.3. The monoisotopic (exact) mass is 334 g/mol. The van der Waals surface area contributed by atoms with Gasteiger partial charge in [-0.1, -0.05) is 59.8 Å². The standard InChI is InChI=1S/C20H22N4O/c1-15-8-6-7-11-17(15)13-22-20(21-2)23-14-18-12-19(25-24-18)16-9-4-3-5-10-16/h3-12H,13-14H2,1-2H3,(H2,21,22,23). The first kappa shape index (κ1) is 16.8. The molecule has 0 atom stereocenters. The van der Waals surface area contributed by atoms with Gasteiger partial charge in [0.2, 0.25) is 0 Å². The van der Waals surface area contributed by atoms with E-state index in [4.69, 9.17) is 4.52 Å². The molecule has 0 aliphatic carbocycles. The van der Waals surface area contributed by atoms with Gasteiger partial charge < -0.3 is 15.2 Å². The molecule has 128 valence electrons. The summed E-state index contributed by atoms with van der Waals surface area (Å²) in [5.41, 5.74) is 4.36. The molecule has 1 aromatic heterocycles. The average molecular weight is 334 g/mol. The van der Waals surface area contributed by atoms with Crippen molar-refractivity contribution in [3.05, 3.63) is 77.5 Å². The van der Waals surface area contributed by atoms with Crippen LogP contribution in [0.3, 0.4) is 0 Å². The van der Waals surface area contributed by atoms with E-state index in [0.717, 1.165) is 29.5 Å². The summed E-state index contributed by atoms with van der Waals surface area (Å²) in [6.07, 6.45) is 0. The summed E-state index contributed by atoms with van der Waals surface area (Å²) in [6.45, 7) is 3.37. The minimum Gasteiger partial charge on any atom is -0.356 e. The Morgan fingerprint density at radius 1 is 1.00 bits per heavy atom. The van der Waals surface area contributed by atoms with Crippen molar-refractivity contribution in [2.24, 2.45) is 4.99 Å². The van der Waals surface area contributed by atoms with Crippen molar-refractivity contribution >= 4 is 5.96 Å². The van der Waals surface area contributed by atoms with Crippen molar-refractivity contribution in [1.82, 2.24) is 15.8 Å². The number of nitrogens with zero attached hydrogens (tertiary/aromatic N) is 2. The summed E-state index contributed by atoms with van der Waals surface area (Å²) >= 11 is 0. The molecule has 5 heteroatoms. The van der Waals surface area contributed by atoms with E-state index in [-0.39, 0.29) is 0 Å². The molecule has 2 N–H and O–H groups in total. The van der Waals surface area contributed by atoms with Gasteiger partial charge >= 0.3 is 0 Å². The number of aromatic nitrogens is 1. The van der Waals surface area contributed by atoms with E-state index in [1.165, 1.54) is 11.1 Å². The van der Waals surface area contributed by atoms with Crippen LogP contribution in [0, 0.1) is 6.92 Å². The van der Waals surface area contributed by atoms with E-state index in [1.54, 1.807) is 7.05 Å². The maximum atomic E-state index is 5.41. The first-order valence-electron chi connectivity index (χ1n) is 8.26. The third-order valence-electron chi connectivity index (χ3n) is 3.99. The highest BCUT2D eigenvalue weighted by Crippen LogP contribution is 2.19. The maximum Gasteiger partial charge on any atom is 0.191 e. The van der Waals surface area contributed by atoms with Gasteiger partial charge in [0.1, 0.15) is 5.69 Å². The Balaban J connectivity index is 1.55. The maximum absolute atomic E-state index is 5.41. The van der Waals surface area contributed by atoms with Crippen molar-refractivity contribution in [3.63, 3.8) is 0 Å². The molecule has 25 heavy (non-hydrogen) atoms. The Labute approximate surface area is 147 Å². The molecule has 0 fully saturated rings. The highest BCUT2D eigenvalue weighted by Gasteiger charge is 2.07. The zero-order chi connectivity index (χ0) is 17.5. The zero-order valence-electron chi connectivity index (χ0n) is 14.5. The fraction of sp³-hybridized carbons (Fsp3) is 0.200. The van der Waals surface area contributed by atoms with Gasteiger partial charge in [0.05, 0.1) is 6.54 Å². The van der Waals surface area contributed by atoms with E-state index >= 15 is 0 Å². The minimum absolute atomic E-state index is 0.545. The van der Waals surface area contributed by atoms with Gasteiger partial charge in [-0.3, -0.25) is 4.99 Å². The van der Waals surface area contributed by atoms with Crippen LogP contribution >= 0.6 is 0 Å². The van der Waals surface area contributed by atoms with Crippen molar-refractivity contribution in [2.45, 2.75) is 20.0 Å². The number of nitrogens with one attached hydrogen (secondary N) is 2. The van der Waals surface area contributed by atoms with E-state index < -0.39 is 0 Å². The number of hydrogen-bond acceptors (Lipinski definition) is 3. The van der Waals surface area contributed by atoms with Crippen molar-refractivity contribution in [1.29, 1.82) is 0 Å². The Morgan fingerprint density at radius 3 is 2.48 bits per heavy atom. The molecular weight excluding hydrogens is 312 g/mol. The molecular formula is C20H22N4O. The Kier molecular flexibility index (Phi) is 5.46. The second-order valence-electron chi connectivity index (χ2n) is 5.75. The lowest BCUT2D eigenvalue weighted by atomic mass is 10.1. The van der Waals surface area contributed by atoms with Gasteiger partial charge in [0.25, 0.3) is 0 Å². The smallest absolute Gasteiger partial charge is 0.191 e. The van der Waals surface area contributed by atoms with Gasteiger partial charge in [-0.2, -0.15) is 0 Å². The molecule has 0 aliphatic rings. The summed E-state index contributed by atoms with van der Waals surface area (Å²) in [5.74, 6) is 1.49. The summed E-state index contributed by atoms with van der Waals surface area (Å²) < 4.78 is 5.41. The van der Waals surface area contributed by atoms with E-state index in [9.17, 15) is 0 Å². The molecule has 0 aliphatic heterocycles.